The molecule has 2 N–H and O–H groups in total. The van der Waals surface area contributed by atoms with Crippen LogP contribution in [0.2, 0.25) is 0 Å². The van der Waals surface area contributed by atoms with Crippen LogP contribution in [0.15, 0.2) is 28.8 Å². The summed E-state index contributed by atoms with van der Waals surface area (Å²) in [5, 5.41) is 15.7. The SMILES string of the molecule is Cc1noc(C)c1COc1ccccc1C(=O)NC(C)CCCO. The van der Waals surface area contributed by atoms with E-state index in [1.165, 1.54) is 0 Å². The number of aryl methyl sites for hydroxylation is 2. The Kier molecular flexibility index (Phi) is 6.37. The summed E-state index contributed by atoms with van der Waals surface area (Å²) in [5.41, 5.74) is 2.16. The number of carbonyl (C=O) groups excluding carboxylic acids is 1. The summed E-state index contributed by atoms with van der Waals surface area (Å²) >= 11 is 0. The topological polar surface area (TPSA) is 84.6 Å². The molecule has 0 spiro atoms. The molecule has 1 amide bonds. The lowest BCUT2D eigenvalue weighted by molar-refractivity contribution is 0.0932. The number of benzene rings is 1. The van der Waals surface area contributed by atoms with Crippen molar-refractivity contribution in [2.75, 3.05) is 6.61 Å². The lowest BCUT2D eigenvalue weighted by atomic mass is 10.1. The lowest BCUT2D eigenvalue weighted by Gasteiger charge is -2.15. The number of hydrogen-bond acceptors (Lipinski definition) is 5. The molecule has 130 valence electrons. The molecule has 0 aliphatic carbocycles. The molecule has 1 atom stereocenters. The molecular weight excluding hydrogens is 308 g/mol. The van der Waals surface area contributed by atoms with Gasteiger partial charge in [0.2, 0.25) is 0 Å². The lowest BCUT2D eigenvalue weighted by Crippen LogP contribution is -2.32. The first-order valence-electron chi connectivity index (χ1n) is 8.08. The second-order valence-corrected chi connectivity index (χ2v) is 5.83. The van der Waals surface area contributed by atoms with Gasteiger partial charge in [-0.15, -0.1) is 0 Å². The van der Waals surface area contributed by atoms with E-state index in [0.29, 0.717) is 30.1 Å². The minimum Gasteiger partial charge on any atom is -0.488 e. The van der Waals surface area contributed by atoms with Crippen LogP contribution in [0.5, 0.6) is 5.75 Å². The van der Waals surface area contributed by atoms with Crippen molar-refractivity contribution >= 4 is 5.91 Å². The Morgan fingerprint density at radius 1 is 1.38 bits per heavy atom. The highest BCUT2D eigenvalue weighted by molar-refractivity contribution is 5.97. The van der Waals surface area contributed by atoms with Crippen molar-refractivity contribution in [3.05, 3.63) is 46.8 Å². The van der Waals surface area contributed by atoms with Gasteiger partial charge in [-0.05, 0) is 45.7 Å². The summed E-state index contributed by atoms with van der Waals surface area (Å²) in [6.07, 6.45) is 1.38. The Balaban J connectivity index is 2.05. The summed E-state index contributed by atoms with van der Waals surface area (Å²) in [4.78, 5) is 12.4. The van der Waals surface area contributed by atoms with Crippen molar-refractivity contribution in [3.8, 4) is 5.75 Å². The monoisotopic (exact) mass is 332 g/mol. The third-order valence-corrected chi connectivity index (χ3v) is 3.86. The number of hydrogen-bond donors (Lipinski definition) is 2. The Hall–Kier alpha value is -2.34. The van der Waals surface area contributed by atoms with Crippen molar-refractivity contribution in [2.24, 2.45) is 0 Å². The van der Waals surface area contributed by atoms with E-state index in [9.17, 15) is 4.79 Å². The van der Waals surface area contributed by atoms with Crippen LogP contribution in [0.1, 0.15) is 47.1 Å². The zero-order valence-corrected chi connectivity index (χ0v) is 14.3. The molecular formula is C18H24N2O4. The van der Waals surface area contributed by atoms with Gasteiger partial charge in [0.1, 0.15) is 18.1 Å². The molecule has 0 radical (unpaired) electrons. The van der Waals surface area contributed by atoms with Crippen LogP contribution >= 0.6 is 0 Å². The number of ether oxygens (including phenoxy) is 1. The normalized spacial score (nSPS) is 12.0. The number of carbonyl (C=O) groups is 1. The van der Waals surface area contributed by atoms with Crippen molar-refractivity contribution in [1.82, 2.24) is 10.5 Å². The van der Waals surface area contributed by atoms with Gasteiger partial charge in [-0.2, -0.15) is 0 Å². The molecule has 1 heterocycles. The maximum atomic E-state index is 12.4. The summed E-state index contributed by atoms with van der Waals surface area (Å²) in [6.45, 7) is 6.03. The Morgan fingerprint density at radius 2 is 2.12 bits per heavy atom. The fourth-order valence-electron chi connectivity index (χ4n) is 2.41. The van der Waals surface area contributed by atoms with Gasteiger partial charge in [0.25, 0.3) is 5.91 Å². The van der Waals surface area contributed by atoms with Crippen LogP contribution in [0.25, 0.3) is 0 Å². The van der Waals surface area contributed by atoms with E-state index in [0.717, 1.165) is 17.7 Å². The van der Waals surface area contributed by atoms with Crippen LogP contribution < -0.4 is 10.1 Å². The first-order chi connectivity index (χ1) is 11.5. The van der Waals surface area contributed by atoms with Crippen molar-refractivity contribution in [2.45, 2.75) is 46.3 Å². The zero-order valence-electron chi connectivity index (χ0n) is 14.3. The Bertz CT molecular complexity index is 662. The van der Waals surface area contributed by atoms with Gasteiger partial charge in [0.05, 0.1) is 16.8 Å². The van der Waals surface area contributed by atoms with Crippen LogP contribution in [0, 0.1) is 13.8 Å². The number of rotatable bonds is 8. The van der Waals surface area contributed by atoms with Gasteiger partial charge in [0.15, 0.2) is 0 Å². The van der Waals surface area contributed by atoms with Crippen LogP contribution in [0.3, 0.4) is 0 Å². The number of amides is 1. The van der Waals surface area contributed by atoms with Crippen LogP contribution in [-0.4, -0.2) is 28.8 Å². The molecule has 0 aliphatic rings. The Labute approximate surface area is 141 Å². The predicted molar refractivity (Wildman–Crippen MR) is 90.0 cm³/mol. The summed E-state index contributed by atoms with van der Waals surface area (Å²) in [6, 6.07) is 7.12. The first kappa shape index (κ1) is 18.0. The van der Waals surface area contributed by atoms with E-state index in [1.807, 2.05) is 26.8 Å². The van der Waals surface area contributed by atoms with E-state index in [-0.39, 0.29) is 18.6 Å². The highest BCUT2D eigenvalue weighted by Crippen LogP contribution is 2.21. The maximum absolute atomic E-state index is 12.4. The van der Waals surface area contributed by atoms with Crippen LogP contribution in [-0.2, 0) is 6.61 Å². The number of aromatic nitrogens is 1. The number of nitrogens with zero attached hydrogens (tertiary/aromatic N) is 1. The van der Waals surface area contributed by atoms with Gasteiger partial charge >= 0.3 is 0 Å². The highest BCUT2D eigenvalue weighted by atomic mass is 16.5. The van der Waals surface area contributed by atoms with Gasteiger partial charge in [-0.1, -0.05) is 17.3 Å². The summed E-state index contributed by atoms with van der Waals surface area (Å²) in [5.74, 6) is 1.05. The minimum absolute atomic E-state index is 0.0136. The largest absolute Gasteiger partial charge is 0.488 e. The van der Waals surface area contributed by atoms with E-state index in [4.69, 9.17) is 14.4 Å². The maximum Gasteiger partial charge on any atom is 0.255 e. The standard InChI is InChI=1S/C18H24N2O4/c1-12(7-6-10-21)19-18(22)15-8-4-5-9-17(15)23-11-16-13(2)20-24-14(16)3/h4-5,8-9,12,21H,6-7,10-11H2,1-3H3,(H,19,22). The number of aliphatic hydroxyl groups is 1. The molecule has 0 saturated heterocycles. The molecule has 0 saturated carbocycles. The zero-order chi connectivity index (χ0) is 17.5. The average molecular weight is 332 g/mol. The van der Waals surface area contributed by atoms with Crippen molar-refractivity contribution in [3.63, 3.8) is 0 Å². The molecule has 2 aromatic rings. The predicted octanol–water partition coefficient (Wildman–Crippen LogP) is 2.76. The average Bonchev–Trinajstić information content (AvgIpc) is 2.89. The fourth-order valence-corrected chi connectivity index (χ4v) is 2.41. The molecule has 1 unspecified atom stereocenters. The molecule has 2 rings (SSSR count). The number of aliphatic hydroxyl groups excluding tert-OH is 1. The van der Waals surface area contributed by atoms with Crippen molar-refractivity contribution < 1.29 is 19.2 Å². The van der Waals surface area contributed by atoms with Gasteiger partial charge < -0.3 is 19.7 Å². The molecule has 6 nitrogen and oxygen atoms in total. The molecule has 0 aliphatic heterocycles. The van der Waals surface area contributed by atoms with Crippen LogP contribution in [0.4, 0.5) is 0 Å². The summed E-state index contributed by atoms with van der Waals surface area (Å²) < 4.78 is 10.9. The number of para-hydroxylation sites is 1. The first-order valence-corrected chi connectivity index (χ1v) is 8.08. The summed E-state index contributed by atoms with van der Waals surface area (Å²) in [7, 11) is 0. The van der Waals surface area contributed by atoms with Gasteiger partial charge in [-0.3, -0.25) is 4.79 Å². The highest BCUT2D eigenvalue weighted by Gasteiger charge is 2.16. The molecule has 6 heteroatoms. The van der Waals surface area contributed by atoms with E-state index in [1.54, 1.807) is 18.2 Å². The number of nitrogens with one attached hydrogen (secondary N) is 1. The third kappa shape index (κ3) is 4.58. The molecule has 0 fully saturated rings. The van der Waals surface area contributed by atoms with E-state index >= 15 is 0 Å². The van der Waals surface area contributed by atoms with E-state index < -0.39 is 0 Å². The van der Waals surface area contributed by atoms with E-state index in [2.05, 4.69) is 10.5 Å². The molecule has 0 bridgehead atoms. The second-order valence-electron chi connectivity index (χ2n) is 5.83. The quantitative estimate of drug-likeness (QED) is 0.776. The van der Waals surface area contributed by atoms with Crippen molar-refractivity contribution in [1.29, 1.82) is 0 Å². The molecule has 1 aromatic heterocycles. The van der Waals surface area contributed by atoms with Gasteiger partial charge in [0, 0.05) is 12.6 Å². The van der Waals surface area contributed by atoms with Gasteiger partial charge in [-0.25, -0.2) is 0 Å². The molecule has 24 heavy (non-hydrogen) atoms. The molecule has 1 aromatic carbocycles. The third-order valence-electron chi connectivity index (χ3n) is 3.86. The second kappa shape index (κ2) is 8.49. The minimum atomic E-state index is -0.185. The fraction of sp³-hybridized carbons (Fsp3) is 0.444. The Morgan fingerprint density at radius 3 is 2.79 bits per heavy atom. The smallest absolute Gasteiger partial charge is 0.255 e.